The summed E-state index contributed by atoms with van der Waals surface area (Å²) in [5, 5.41) is 4.63. The number of pyridine rings is 1. The van der Waals surface area contributed by atoms with Gasteiger partial charge in [-0.3, -0.25) is 4.79 Å². The van der Waals surface area contributed by atoms with Crippen LogP contribution in [0.4, 0.5) is 14.6 Å². The normalized spacial score (nSPS) is 10.6. The van der Waals surface area contributed by atoms with Gasteiger partial charge in [0.1, 0.15) is 11.6 Å². The molecule has 0 aliphatic carbocycles. The van der Waals surface area contributed by atoms with E-state index in [1.165, 1.54) is 23.5 Å². The van der Waals surface area contributed by atoms with E-state index < -0.39 is 12.5 Å². The molecule has 0 saturated heterocycles. The molecular formula is C16H11F2N3O2S. The second-order valence-corrected chi connectivity index (χ2v) is 5.47. The third kappa shape index (κ3) is 3.90. The molecule has 0 atom stereocenters. The molecule has 1 aromatic carbocycles. The molecule has 8 heteroatoms. The summed E-state index contributed by atoms with van der Waals surface area (Å²) in [6.07, 6.45) is 1.11. The Bertz CT molecular complexity index is 823. The van der Waals surface area contributed by atoms with E-state index in [1.807, 2.05) is 30.3 Å². The lowest BCUT2D eigenvalue weighted by atomic mass is 10.2. The molecule has 0 saturated carbocycles. The molecule has 2 heterocycles. The monoisotopic (exact) mass is 347 g/mol. The molecule has 0 aliphatic heterocycles. The first kappa shape index (κ1) is 16.0. The maximum Gasteiger partial charge on any atom is 0.387 e. The van der Waals surface area contributed by atoms with E-state index in [1.54, 1.807) is 5.38 Å². The van der Waals surface area contributed by atoms with Crippen LogP contribution < -0.4 is 10.1 Å². The van der Waals surface area contributed by atoms with Gasteiger partial charge in [0.2, 0.25) is 0 Å². The Balaban J connectivity index is 1.68. The molecular weight excluding hydrogens is 336 g/mol. The number of aromatic nitrogens is 2. The maximum atomic E-state index is 12.2. The van der Waals surface area contributed by atoms with Crippen LogP contribution in [0.3, 0.4) is 0 Å². The highest BCUT2D eigenvalue weighted by Crippen LogP contribution is 2.22. The number of hydrogen-bond donors (Lipinski definition) is 1. The van der Waals surface area contributed by atoms with Gasteiger partial charge in [-0.15, -0.1) is 11.3 Å². The van der Waals surface area contributed by atoms with Crippen molar-refractivity contribution in [1.82, 2.24) is 9.97 Å². The van der Waals surface area contributed by atoms with Crippen LogP contribution in [0.25, 0.3) is 11.3 Å². The minimum absolute atomic E-state index is 0.0800. The molecule has 2 aromatic heterocycles. The van der Waals surface area contributed by atoms with Crippen LogP contribution in [-0.2, 0) is 0 Å². The number of hydrogen-bond acceptors (Lipinski definition) is 5. The van der Waals surface area contributed by atoms with Gasteiger partial charge in [0.15, 0.2) is 5.01 Å². The van der Waals surface area contributed by atoms with Crippen molar-refractivity contribution in [2.75, 3.05) is 5.32 Å². The van der Waals surface area contributed by atoms with Crippen molar-refractivity contribution in [2.45, 2.75) is 6.61 Å². The Morgan fingerprint density at radius 3 is 2.62 bits per heavy atom. The molecule has 0 aliphatic rings. The fraction of sp³-hybridized carbons (Fsp3) is 0.0625. The zero-order valence-corrected chi connectivity index (χ0v) is 13.0. The standard InChI is InChI=1S/C16H11F2N3O2S/c17-16(18)23-11-6-7-13(19-8-11)21-14(22)15-20-12(9-24-15)10-4-2-1-3-5-10/h1-9,16H,(H,19,21,22). The number of rotatable bonds is 5. The fourth-order valence-corrected chi connectivity index (χ4v) is 2.64. The van der Waals surface area contributed by atoms with Gasteiger partial charge in [0, 0.05) is 10.9 Å². The lowest BCUT2D eigenvalue weighted by Gasteiger charge is -2.05. The minimum atomic E-state index is -2.92. The average Bonchev–Trinajstić information content (AvgIpc) is 3.07. The molecule has 0 bridgehead atoms. The van der Waals surface area contributed by atoms with Crippen LogP contribution in [0.1, 0.15) is 9.80 Å². The molecule has 0 spiro atoms. The number of halogens is 2. The second-order valence-electron chi connectivity index (χ2n) is 4.62. The van der Waals surface area contributed by atoms with E-state index in [0.717, 1.165) is 11.8 Å². The first-order valence-electron chi connectivity index (χ1n) is 6.85. The number of thiazole rings is 1. The number of anilines is 1. The smallest absolute Gasteiger partial charge is 0.387 e. The van der Waals surface area contributed by atoms with E-state index in [4.69, 9.17) is 0 Å². The number of nitrogens with zero attached hydrogens (tertiary/aromatic N) is 2. The number of ether oxygens (including phenoxy) is 1. The lowest BCUT2D eigenvalue weighted by molar-refractivity contribution is -0.0500. The van der Waals surface area contributed by atoms with Crippen LogP contribution in [0.5, 0.6) is 5.75 Å². The minimum Gasteiger partial charge on any atom is -0.433 e. The molecule has 122 valence electrons. The molecule has 5 nitrogen and oxygen atoms in total. The molecule has 0 fully saturated rings. The average molecular weight is 347 g/mol. The highest BCUT2D eigenvalue weighted by molar-refractivity contribution is 7.12. The first-order valence-corrected chi connectivity index (χ1v) is 7.73. The van der Waals surface area contributed by atoms with Gasteiger partial charge in [-0.25, -0.2) is 9.97 Å². The third-order valence-electron chi connectivity index (χ3n) is 2.97. The third-order valence-corrected chi connectivity index (χ3v) is 3.81. The summed E-state index contributed by atoms with van der Waals surface area (Å²) in [6.45, 7) is -2.92. The van der Waals surface area contributed by atoms with Gasteiger partial charge < -0.3 is 10.1 Å². The number of alkyl halides is 2. The molecule has 1 amide bonds. The molecule has 3 aromatic rings. The maximum absolute atomic E-state index is 12.2. The summed E-state index contributed by atoms with van der Waals surface area (Å²) in [4.78, 5) is 20.3. The highest BCUT2D eigenvalue weighted by Gasteiger charge is 2.13. The predicted octanol–water partition coefficient (Wildman–Crippen LogP) is 4.06. The van der Waals surface area contributed by atoms with Crippen molar-refractivity contribution >= 4 is 23.1 Å². The van der Waals surface area contributed by atoms with E-state index in [-0.39, 0.29) is 16.6 Å². The first-order chi connectivity index (χ1) is 11.6. The summed E-state index contributed by atoms with van der Waals surface area (Å²) in [6, 6.07) is 12.2. The predicted molar refractivity (Wildman–Crippen MR) is 86.4 cm³/mol. The van der Waals surface area contributed by atoms with Gasteiger partial charge >= 0.3 is 6.61 Å². The van der Waals surface area contributed by atoms with Crippen molar-refractivity contribution < 1.29 is 18.3 Å². The quantitative estimate of drug-likeness (QED) is 0.756. The van der Waals surface area contributed by atoms with Crippen LogP contribution >= 0.6 is 11.3 Å². The summed E-state index contributed by atoms with van der Waals surface area (Å²) in [5.74, 6) is -0.279. The Labute approximate surface area is 140 Å². The number of amides is 1. The second kappa shape index (κ2) is 7.14. The Kier molecular flexibility index (Phi) is 4.76. The van der Waals surface area contributed by atoms with Gasteiger partial charge in [-0.05, 0) is 12.1 Å². The Morgan fingerprint density at radius 1 is 1.17 bits per heavy atom. The number of carbonyl (C=O) groups is 1. The lowest BCUT2D eigenvalue weighted by Crippen LogP contribution is -2.12. The zero-order chi connectivity index (χ0) is 16.9. The van der Waals surface area contributed by atoms with Gasteiger partial charge in [-0.1, -0.05) is 30.3 Å². The summed E-state index contributed by atoms with van der Waals surface area (Å²) < 4.78 is 28.3. The largest absolute Gasteiger partial charge is 0.433 e. The number of nitrogens with one attached hydrogen (secondary N) is 1. The van der Waals surface area contributed by atoms with E-state index in [2.05, 4.69) is 20.0 Å². The van der Waals surface area contributed by atoms with Gasteiger partial charge in [0.25, 0.3) is 5.91 Å². The SMILES string of the molecule is O=C(Nc1ccc(OC(F)F)cn1)c1nc(-c2ccccc2)cs1. The van der Waals surface area contributed by atoms with Crippen LogP contribution in [0, 0.1) is 0 Å². The number of carbonyl (C=O) groups excluding carboxylic acids is 1. The Morgan fingerprint density at radius 2 is 1.96 bits per heavy atom. The molecule has 0 radical (unpaired) electrons. The van der Waals surface area contributed by atoms with E-state index in [9.17, 15) is 13.6 Å². The molecule has 1 N–H and O–H groups in total. The summed E-state index contributed by atoms with van der Waals surface area (Å²) in [7, 11) is 0. The van der Waals surface area contributed by atoms with E-state index >= 15 is 0 Å². The van der Waals surface area contributed by atoms with Crippen LogP contribution in [-0.4, -0.2) is 22.5 Å². The van der Waals surface area contributed by atoms with E-state index in [0.29, 0.717) is 5.69 Å². The van der Waals surface area contributed by atoms with Gasteiger partial charge in [0.05, 0.1) is 11.9 Å². The fourth-order valence-electron chi connectivity index (χ4n) is 1.92. The van der Waals surface area contributed by atoms with Crippen molar-refractivity contribution in [3.63, 3.8) is 0 Å². The molecule has 24 heavy (non-hydrogen) atoms. The molecule has 0 unspecified atom stereocenters. The summed E-state index contributed by atoms with van der Waals surface area (Å²) in [5.41, 5.74) is 1.62. The van der Waals surface area contributed by atoms with Crippen LogP contribution in [0.15, 0.2) is 54.0 Å². The summed E-state index contributed by atoms with van der Waals surface area (Å²) >= 11 is 1.21. The van der Waals surface area contributed by atoms with Crippen molar-refractivity contribution in [2.24, 2.45) is 0 Å². The van der Waals surface area contributed by atoms with Gasteiger partial charge in [-0.2, -0.15) is 8.78 Å². The number of benzene rings is 1. The molecule has 3 rings (SSSR count). The highest BCUT2D eigenvalue weighted by atomic mass is 32.1. The Hall–Kier alpha value is -2.87. The van der Waals surface area contributed by atoms with Crippen LogP contribution in [0.2, 0.25) is 0 Å². The topological polar surface area (TPSA) is 64.1 Å². The van der Waals surface area contributed by atoms with Crippen molar-refractivity contribution in [1.29, 1.82) is 0 Å². The van der Waals surface area contributed by atoms with Crippen molar-refractivity contribution in [3.05, 3.63) is 59.0 Å². The zero-order valence-electron chi connectivity index (χ0n) is 12.1. The van der Waals surface area contributed by atoms with Crippen molar-refractivity contribution in [3.8, 4) is 17.0 Å².